The SMILES string of the molecule is CCCCC1NC(C)N(C2CCN3CCCC23)C1=O. The van der Waals surface area contributed by atoms with Gasteiger partial charge in [0.05, 0.1) is 18.2 Å². The molecule has 0 saturated carbocycles. The maximum absolute atomic E-state index is 12.6. The Balaban J connectivity index is 1.68. The summed E-state index contributed by atoms with van der Waals surface area (Å²) in [6.07, 6.45) is 7.29. The Labute approximate surface area is 116 Å². The van der Waals surface area contributed by atoms with Gasteiger partial charge in [-0.2, -0.15) is 0 Å². The van der Waals surface area contributed by atoms with Crippen molar-refractivity contribution in [3.63, 3.8) is 0 Å². The van der Waals surface area contributed by atoms with Gasteiger partial charge in [-0.1, -0.05) is 19.8 Å². The molecule has 0 spiro atoms. The van der Waals surface area contributed by atoms with Gasteiger partial charge in [0.25, 0.3) is 0 Å². The zero-order valence-corrected chi connectivity index (χ0v) is 12.3. The Kier molecular flexibility index (Phi) is 3.81. The number of hydrogen-bond donors (Lipinski definition) is 1. The van der Waals surface area contributed by atoms with Crippen molar-refractivity contribution in [3.8, 4) is 0 Å². The van der Waals surface area contributed by atoms with E-state index in [9.17, 15) is 4.79 Å². The van der Waals surface area contributed by atoms with Gasteiger partial charge in [-0.15, -0.1) is 0 Å². The summed E-state index contributed by atoms with van der Waals surface area (Å²) in [7, 11) is 0. The fourth-order valence-corrected chi connectivity index (χ4v) is 4.26. The predicted octanol–water partition coefficient (Wildman–Crippen LogP) is 1.56. The average Bonchev–Trinajstić information content (AvgIpc) is 3.04. The number of fused-ring (bicyclic) bond motifs is 1. The van der Waals surface area contributed by atoms with Crippen LogP contribution in [0.4, 0.5) is 0 Å². The summed E-state index contributed by atoms with van der Waals surface area (Å²) in [6, 6.07) is 1.17. The highest BCUT2D eigenvalue weighted by molar-refractivity contribution is 5.84. The Morgan fingerprint density at radius 1 is 1.26 bits per heavy atom. The molecule has 1 amide bonds. The van der Waals surface area contributed by atoms with Gasteiger partial charge in [0.1, 0.15) is 0 Å². The number of unbranched alkanes of at least 4 members (excludes halogenated alkanes) is 1. The standard InChI is InChI=1S/C15H27N3O/c1-3-4-6-12-15(19)18(11(2)16-12)14-8-10-17-9-5-7-13(14)17/h11-14,16H,3-10H2,1-2H3. The van der Waals surface area contributed by atoms with Crippen LogP contribution in [0.5, 0.6) is 0 Å². The Morgan fingerprint density at radius 3 is 2.89 bits per heavy atom. The molecule has 1 N–H and O–H groups in total. The first kappa shape index (κ1) is 13.4. The molecule has 108 valence electrons. The van der Waals surface area contributed by atoms with Gasteiger partial charge >= 0.3 is 0 Å². The first-order chi connectivity index (χ1) is 9.22. The molecule has 0 radical (unpaired) electrons. The monoisotopic (exact) mass is 265 g/mol. The zero-order valence-electron chi connectivity index (χ0n) is 12.3. The second-order valence-electron chi connectivity index (χ2n) is 6.38. The van der Waals surface area contributed by atoms with E-state index in [0.29, 0.717) is 18.0 Å². The molecule has 3 saturated heterocycles. The van der Waals surface area contributed by atoms with Gasteiger partial charge in [-0.05, 0) is 39.2 Å². The Bertz CT molecular complexity index is 346. The number of carbonyl (C=O) groups excluding carboxylic acids is 1. The van der Waals surface area contributed by atoms with Crippen LogP contribution < -0.4 is 5.32 Å². The maximum Gasteiger partial charge on any atom is 0.241 e. The van der Waals surface area contributed by atoms with E-state index in [1.54, 1.807) is 0 Å². The second-order valence-corrected chi connectivity index (χ2v) is 6.38. The summed E-state index contributed by atoms with van der Waals surface area (Å²) in [4.78, 5) is 17.4. The number of amides is 1. The van der Waals surface area contributed by atoms with Crippen LogP contribution in [0, 0.1) is 0 Å². The fraction of sp³-hybridized carbons (Fsp3) is 0.933. The third-order valence-electron chi connectivity index (χ3n) is 5.19. The molecule has 0 aliphatic carbocycles. The van der Waals surface area contributed by atoms with Crippen LogP contribution >= 0.6 is 0 Å². The molecule has 0 aromatic heterocycles. The van der Waals surface area contributed by atoms with Gasteiger partial charge in [0.15, 0.2) is 0 Å². The van der Waals surface area contributed by atoms with E-state index in [2.05, 4.69) is 29.0 Å². The average molecular weight is 265 g/mol. The molecule has 19 heavy (non-hydrogen) atoms. The van der Waals surface area contributed by atoms with Crippen molar-refractivity contribution in [1.29, 1.82) is 0 Å². The number of rotatable bonds is 4. The van der Waals surface area contributed by atoms with Crippen LogP contribution in [0.25, 0.3) is 0 Å². The highest BCUT2D eigenvalue weighted by Gasteiger charge is 2.47. The molecule has 3 fully saturated rings. The van der Waals surface area contributed by atoms with Crippen molar-refractivity contribution >= 4 is 5.91 Å². The van der Waals surface area contributed by atoms with Crippen molar-refractivity contribution in [1.82, 2.24) is 15.1 Å². The number of carbonyl (C=O) groups is 1. The van der Waals surface area contributed by atoms with Crippen molar-refractivity contribution in [2.75, 3.05) is 13.1 Å². The fourth-order valence-electron chi connectivity index (χ4n) is 4.26. The summed E-state index contributed by atoms with van der Waals surface area (Å²) in [5.74, 6) is 0.361. The van der Waals surface area contributed by atoms with Gasteiger partial charge in [0.2, 0.25) is 5.91 Å². The maximum atomic E-state index is 12.6. The molecule has 0 aromatic carbocycles. The minimum absolute atomic E-state index is 0.0744. The molecule has 4 atom stereocenters. The second kappa shape index (κ2) is 5.41. The van der Waals surface area contributed by atoms with Crippen LogP contribution in [0.1, 0.15) is 52.4 Å². The molecule has 4 heteroatoms. The molecule has 4 unspecified atom stereocenters. The summed E-state index contributed by atoms with van der Waals surface area (Å²) in [5.41, 5.74) is 0. The van der Waals surface area contributed by atoms with E-state index in [-0.39, 0.29) is 12.2 Å². The highest BCUT2D eigenvalue weighted by atomic mass is 16.2. The van der Waals surface area contributed by atoms with Crippen LogP contribution in [-0.4, -0.2) is 53.1 Å². The zero-order chi connectivity index (χ0) is 13.4. The van der Waals surface area contributed by atoms with Crippen LogP contribution in [0.3, 0.4) is 0 Å². The van der Waals surface area contributed by atoms with E-state index < -0.39 is 0 Å². The summed E-state index contributed by atoms with van der Waals surface area (Å²) in [5, 5.41) is 3.50. The number of nitrogens with zero attached hydrogens (tertiary/aromatic N) is 2. The molecule has 3 rings (SSSR count). The minimum atomic E-state index is 0.0744. The lowest BCUT2D eigenvalue weighted by Crippen LogP contribution is -2.48. The molecule has 0 bridgehead atoms. The van der Waals surface area contributed by atoms with Gasteiger partial charge in [-0.25, -0.2) is 0 Å². The predicted molar refractivity (Wildman–Crippen MR) is 75.8 cm³/mol. The summed E-state index contributed by atoms with van der Waals surface area (Å²) in [6.45, 7) is 6.77. The van der Waals surface area contributed by atoms with Crippen LogP contribution in [0.2, 0.25) is 0 Å². The number of hydrogen-bond acceptors (Lipinski definition) is 3. The molecule has 4 nitrogen and oxygen atoms in total. The topological polar surface area (TPSA) is 35.6 Å². The third kappa shape index (κ3) is 2.29. The lowest BCUT2D eigenvalue weighted by atomic mass is 10.0. The van der Waals surface area contributed by atoms with Crippen molar-refractivity contribution < 1.29 is 4.79 Å². The van der Waals surface area contributed by atoms with Crippen molar-refractivity contribution in [2.45, 2.75) is 76.7 Å². The summed E-state index contributed by atoms with van der Waals surface area (Å²) < 4.78 is 0. The van der Waals surface area contributed by atoms with E-state index in [4.69, 9.17) is 0 Å². The normalized spacial score (nSPS) is 39.3. The lowest BCUT2D eigenvalue weighted by molar-refractivity contribution is -0.132. The molecule has 0 aromatic rings. The summed E-state index contributed by atoms with van der Waals surface area (Å²) >= 11 is 0. The van der Waals surface area contributed by atoms with E-state index in [0.717, 1.165) is 12.8 Å². The molecule has 3 aliphatic heterocycles. The largest absolute Gasteiger partial charge is 0.321 e. The lowest BCUT2D eigenvalue weighted by Gasteiger charge is -2.32. The van der Waals surface area contributed by atoms with Crippen molar-refractivity contribution in [2.24, 2.45) is 0 Å². The Morgan fingerprint density at radius 2 is 2.11 bits per heavy atom. The minimum Gasteiger partial charge on any atom is -0.321 e. The third-order valence-corrected chi connectivity index (χ3v) is 5.19. The van der Waals surface area contributed by atoms with E-state index in [1.807, 2.05) is 0 Å². The van der Waals surface area contributed by atoms with Crippen LogP contribution in [-0.2, 0) is 4.79 Å². The van der Waals surface area contributed by atoms with E-state index in [1.165, 1.54) is 38.8 Å². The van der Waals surface area contributed by atoms with Gasteiger partial charge in [-0.3, -0.25) is 15.0 Å². The first-order valence-corrected chi connectivity index (χ1v) is 8.04. The molecular formula is C15H27N3O. The van der Waals surface area contributed by atoms with Gasteiger partial charge < -0.3 is 4.90 Å². The van der Waals surface area contributed by atoms with E-state index >= 15 is 0 Å². The van der Waals surface area contributed by atoms with Crippen molar-refractivity contribution in [3.05, 3.63) is 0 Å². The Hall–Kier alpha value is -0.610. The molecular weight excluding hydrogens is 238 g/mol. The van der Waals surface area contributed by atoms with Crippen LogP contribution in [0.15, 0.2) is 0 Å². The number of nitrogens with one attached hydrogen (secondary N) is 1. The molecule has 3 aliphatic rings. The smallest absolute Gasteiger partial charge is 0.241 e. The molecule has 3 heterocycles. The van der Waals surface area contributed by atoms with Gasteiger partial charge in [0, 0.05) is 12.6 Å². The first-order valence-electron chi connectivity index (χ1n) is 8.04. The highest BCUT2D eigenvalue weighted by Crippen LogP contribution is 2.34. The quantitative estimate of drug-likeness (QED) is 0.838.